The van der Waals surface area contributed by atoms with E-state index in [4.69, 9.17) is 19.0 Å². The number of nitrogens with one attached hydrogen (secondary N) is 1. The molecule has 164 valence electrons. The number of aromatic nitrogens is 1. The number of carbonyl (C=O) groups is 1. The van der Waals surface area contributed by atoms with E-state index in [1.165, 1.54) is 0 Å². The third-order valence-corrected chi connectivity index (χ3v) is 4.04. The Morgan fingerprint density at radius 3 is 2.45 bits per heavy atom. The van der Waals surface area contributed by atoms with E-state index < -0.39 is 0 Å². The highest BCUT2D eigenvalue weighted by molar-refractivity contribution is 6.42. The van der Waals surface area contributed by atoms with Gasteiger partial charge >= 0.3 is 0 Å². The summed E-state index contributed by atoms with van der Waals surface area (Å²) >= 11 is 0. The van der Waals surface area contributed by atoms with Gasteiger partial charge in [0.05, 0.1) is 14.2 Å². The second kappa shape index (κ2) is 12.0. The van der Waals surface area contributed by atoms with Crippen LogP contribution >= 0.6 is 0 Å². The lowest BCUT2D eigenvalue weighted by Crippen LogP contribution is -2.20. The molecule has 0 saturated carbocycles. The van der Waals surface area contributed by atoms with Crippen molar-refractivity contribution >= 4 is 23.4 Å². The summed E-state index contributed by atoms with van der Waals surface area (Å²) in [6.07, 6.45) is 6.91. The molecule has 0 radical (unpaired) electrons. The van der Waals surface area contributed by atoms with Crippen LogP contribution in [0.5, 0.6) is 11.5 Å². The molecular formula is C23H27N3O5. The van der Waals surface area contributed by atoms with Crippen LogP contribution in [0.3, 0.4) is 0 Å². The first-order valence-corrected chi connectivity index (χ1v) is 9.68. The molecule has 8 nitrogen and oxygen atoms in total. The van der Waals surface area contributed by atoms with E-state index in [0.29, 0.717) is 35.3 Å². The molecule has 1 N–H and O–H groups in total. The zero-order valence-electron chi connectivity index (χ0n) is 18.3. The van der Waals surface area contributed by atoms with Gasteiger partial charge in [0.25, 0.3) is 5.91 Å². The summed E-state index contributed by atoms with van der Waals surface area (Å²) in [7, 11) is 3.15. The largest absolute Gasteiger partial charge is 0.493 e. The molecule has 1 aromatic carbocycles. The van der Waals surface area contributed by atoms with Gasteiger partial charge in [0.1, 0.15) is 23.8 Å². The van der Waals surface area contributed by atoms with Crippen LogP contribution in [0.15, 0.2) is 65.5 Å². The standard InChI is InChI=1S/C23H27N3O5/c1-6-20(28-4)22(29-5)14-17-15-24-13-12-21(17)31-19-10-8-18(9-11-19)25-23(27)16(3)26-30-7-2/h6,8-15H,7H2,1-5H3,(H,25,27)/b20-6+,22-14+,26-16+. The summed E-state index contributed by atoms with van der Waals surface area (Å²) < 4.78 is 16.8. The number of allylic oxidation sites excluding steroid dienone is 1. The Hall–Kier alpha value is -3.81. The van der Waals surface area contributed by atoms with Gasteiger partial charge in [-0.05, 0) is 63.3 Å². The van der Waals surface area contributed by atoms with Gasteiger partial charge in [0.2, 0.25) is 0 Å². The number of hydrogen-bond acceptors (Lipinski definition) is 7. The minimum absolute atomic E-state index is 0.237. The summed E-state index contributed by atoms with van der Waals surface area (Å²) in [4.78, 5) is 21.1. The Kier molecular flexibility index (Phi) is 9.10. The van der Waals surface area contributed by atoms with Crippen LogP contribution in [0.2, 0.25) is 0 Å². The molecule has 0 bridgehead atoms. The van der Waals surface area contributed by atoms with Crippen molar-refractivity contribution in [2.24, 2.45) is 5.16 Å². The lowest BCUT2D eigenvalue weighted by molar-refractivity contribution is -0.110. The van der Waals surface area contributed by atoms with Crippen molar-refractivity contribution in [2.75, 3.05) is 26.1 Å². The highest BCUT2D eigenvalue weighted by Gasteiger charge is 2.10. The first kappa shape index (κ1) is 23.5. The van der Waals surface area contributed by atoms with Crippen molar-refractivity contribution in [2.45, 2.75) is 20.8 Å². The number of nitrogens with zero attached hydrogens (tertiary/aromatic N) is 2. The lowest BCUT2D eigenvalue weighted by atomic mass is 10.2. The van der Waals surface area contributed by atoms with Gasteiger partial charge in [0, 0.05) is 23.6 Å². The number of carbonyl (C=O) groups excluding carboxylic acids is 1. The zero-order chi connectivity index (χ0) is 22.6. The van der Waals surface area contributed by atoms with Gasteiger partial charge in [-0.15, -0.1) is 0 Å². The van der Waals surface area contributed by atoms with Crippen molar-refractivity contribution in [1.29, 1.82) is 0 Å². The van der Waals surface area contributed by atoms with E-state index in [1.54, 1.807) is 82.9 Å². The maximum absolute atomic E-state index is 12.1. The molecule has 0 aliphatic carbocycles. The van der Waals surface area contributed by atoms with E-state index in [1.807, 2.05) is 6.92 Å². The average molecular weight is 425 g/mol. The molecule has 0 unspecified atom stereocenters. The maximum atomic E-state index is 12.1. The summed E-state index contributed by atoms with van der Waals surface area (Å²) in [6, 6.07) is 8.73. The number of benzene rings is 1. The number of anilines is 1. The van der Waals surface area contributed by atoms with E-state index in [-0.39, 0.29) is 11.6 Å². The topological polar surface area (TPSA) is 91.3 Å². The molecule has 2 aromatic rings. The molecule has 1 aromatic heterocycles. The molecule has 0 spiro atoms. The van der Waals surface area contributed by atoms with Crippen molar-refractivity contribution < 1.29 is 23.8 Å². The molecule has 0 aliphatic rings. The van der Waals surface area contributed by atoms with Gasteiger partial charge in [0.15, 0.2) is 11.5 Å². The molecular weight excluding hydrogens is 398 g/mol. The monoisotopic (exact) mass is 425 g/mol. The van der Waals surface area contributed by atoms with Gasteiger partial charge in [-0.2, -0.15) is 0 Å². The number of methoxy groups -OCH3 is 2. The van der Waals surface area contributed by atoms with Gasteiger partial charge < -0.3 is 24.4 Å². The number of ether oxygens (including phenoxy) is 3. The van der Waals surface area contributed by atoms with Crippen LogP contribution in [-0.2, 0) is 19.1 Å². The number of oxime groups is 1. The molecule has 0 aliphatic heterocycles. The fraction of sp³-hybridized carbons (Fsp3) is 0.261. The minimum Gasteiger partial charge on any atom is -0.493 e. The predicted molar refractivity (Wildman–Crippen MR) is 120 cm³/mol. The molecule has 0 fully saturated rings. The molecule has 2 rings (SSSR count). The zero-order valence-corrected chi connectivity index (χ0v) is 18.3. The number of amides is 1. The molecule has 31 heavy (non-hydrogen) atoms. The van der Waals surface area contributed by atoms with E-state index >= 15 is 0 Å². The Balaban J connectivity index is 2.17. The van der Waals surface area contributed by atoms with Crippen LogP contribution in [0.25, 0.3) is 6.08 Å². The summed E-state index contributed by atoms with van der Waals surface area (Å²) in [5, 5.41) is 6.47. The predicted octanol–water partition coefficient (Wildman–Crippen LogP) is 4.76. The summed E-state index contributed by atoms with van der Waals surface area (Å²) in [5.74, 6) is 1.99. The lowest BCUT2D eigenvalue weighted by Gasteiger charge is -2.12. The van der Waals surface area contributed by atoms with E-state index in [0.717, 1.165) is 5.56 Å². The molecule has 8 heteroatoms. The van der Waals surface area contributed by atoms with Crippen LogP contribution in [0.4, 0.5) is 5.69 Å². The van der Waals surface area contributed by atoms with Crippen LogP contribution in [0.1, 0.15) is 26.3 Å². The third kappa shape index (κ3) is 6.88. The fourth-order valence-electron chi connectivity index (χ4n) is 2.49. The molecule has 0 saturated heterocycles. The van der Waals surface area contributed by atoms with Gasteiger partial charge in [-0.1, -0.05) is 5.16 Å². The number of rotatable bonds is 10. The van der Waals surface area contributed by atoms with E-state index in [2.05, 4.69) is 15.5 Å². The Labute approximate surface area is 182 Å². The number of pyridine rings is 1. The first-order chi connectivity index (χ1) is 15.0. The SMILES string of the molecule is C/C=C(OC)\C(=C/c1cnccc1Oc1ccc(NC(=O)/C(C)=N/OCC)cc1)OC. The Morgan fingerprint density at radius 2 is 1.84 bits per heavy atom. The van der Waals surface area contributed by atoms with Gasteiger partial charge in [-0.25, -0.2) is 0 Å². The molecule has 0 atom stereocenters. The summed E-state index contributed by atoms with van der Waals surface area (Å²) in [6.45, 7) is 5.63. The van der Waals surface area contributed by atoms with Crippen molar-refractivity contribution in [3.63, 3.8) is 0 Å². The van der Waals surface area contributed by atoms with Crippen LogP contribution in [0, 0.1) is 0 Å². The first-order valence-electron chi connectivity index (χ1n) is 9.68. The Morgan fingerprint density at radius 1 is 1.13 bits per heavy atom. The second-order valence-electron chi connectivity index (χ2n) is 6.16. The average Bonchev–Trinajstić information content (AvgIpc) is 2.79. The van der Waals surface area contributed by atoms with Crippen molar-refractivity contribution in [1.82, 2.24) is 4.98 Å². The summed E-state index contributed by atoms with van der Waals surface area (Å²) in [5.41, 5.74) is 1.56. The van der Waals surface area contributed by atoms with Crippen molar-refractivity contribution in [3.8, 4) is 11.5 Å². The fourth-order valence-corrected chi connectivity index (χ4v) is 2.49. The van der Waals surface area contributed by atoms with Gasteiger partial charge in [-0.3, -0.25) is 9.78 Å². The van der Waals surface area contributed by atoms with Crippen LogP contribution < -0.4 is 10.1 Å². The molecule has 1 amide bonds. The normalized spacial score (nSPS) is 12.2. The molecule has 1 heterocycles. The highest BCUT2D eigenvalue weighted by atomic mass is 16.6. The Bertz CT molecular complexity index is 965. The second-order valence-corrected chi connectivity index (χ2v) is 6.16. The van der Waals surface area contributed by atoms with E-state index in [9.17, 15) is 4.79 Å². The third-order valence-electron chi connectivity index (χ3n) is 4.04. The minimum atomic E-state index is -0.339. The highest BCUT2D eigenvalue weighted by Crippen LogP contribution is 2.28. The maximum Gasteiger partial charge on any atom is 0.273 e. The van der Waals surface area contributed by atoms with Crippen molar-refractivity contribution in [3.05, 3.63) is 65.9 Å². The quantitative estimate of drug-likeness (QED) is 0.255. The number of hydrogen-bond donors (Lipinski definition) is 1. The van der Waals surface area contributed by atoms with Crippen LogP contribution in [-0.4, -0.2) is 37.4 Å². The smallest absolute Gasteiger partial charge is 0.273 e.